The highest BCUT2D eigenvalue weighted by molar-refractivity contribution is 6.30. The predicted molar refractivity (Wildman–Crippen MR) is 71.6 cm³/mol. The molecule has 17 heavy (non-hydrogen) atoms. The summed E-state index contributed by atoms with van der Waals surface area (Å²) in [6, 6.07) is 0.536. The molecule has 1 fully saturated rings. The van der Waals surface area contributed by atoms with Crippen LogP contribution in [0.15, 0.2) is 6.33 Å². The Kier molecular flexibility index (Phi) is 3.87. The maximum absolute atomic E-state index is 6.15. The molecule has 3 nitrogen and oxygen atoms in total. The quantitative estimate of drug-likeness (QED) is 0.832. The molecule has 1 aromatic heterocycles. The van der Waals surface area contributed by atoms with E-state index >= 15 is 0 Å². The number of hydrogen-bond donors (Lipinski definition) is 1. The van der Waals surface area contributed by atoms with E-state index in [-0.39, 0.29) is 0 Å². The molecule has 0 saturated heterocycles. The van der Waals surface area contributed by atoms with Crippen molar-refractivity contribution in [3.63, 3.8) is 0 Å². The van der Waals surface area contributed by atoms with Gasteiger partial charge in [-0.2, -0.15) is 0 Å². The van der Waals surface area contributed by atoms with Crippen molar-refractivity contribution < 1.29 is 0 Å². The van der Waals surface area contributed by atoms with Crippen LogP contribution in [-0.2, 0) is 0 Å². The first-order chi connectivity index (χ1) is 8.08. The van der Waals surface area contributed by atoms with E-state index in [1.54, 1.807) is 0 Å². The standard InChI is InChI=1S/C13H20ClN3/c1-8(2)11-12(14)15-7-16-13(11)17-10-5-4-9(3)6-10/h7-10H,4-6H2,1-3H3,(H,15,16,17). The minimum Gasteiger partial charge on any atom is -0.367 e. The van der Waals surface area contributed by atoms with Crippen molar-refractivity contribution in [3.8, 4) is 0 Å². The van der Waals surface area contributed by atoms with Gasteiger partial charge in [-0.25, -0.2) is 9.97 Å². The number of hydrogen-bond acceptors (Lipinski definition) is 3. The molecule has 0 radical (unpaired) electrons. The normalized spacial score (nSPS) is 24.3. The zero-order valence-corrected chi connectivity index (χ0v) is 11.5. The van der Waals surface area contributed by atoms with Crippen molar-refractivity contribution in [2.24, 2.45) is 5.92 Å². The Morgan fingerprint density at radius 1 is 1.35 bits per heavy atom. The van der Waals surface area contributed by atoms with Crippen LogP contribution < -0.4 is 5.32 Å². The molecular weight excluding hydrogens is 234 g/mol. The second-order valence-electron chi connectivity index (χ2n) is 5.34. The van der Waals surface area contributed by atoms with Crippen molar-refractivity contribution in [2.45, 2.75) is 52.0 Å². The van der Waals surface area contributed by atoms with Gasteiger partial charge < -0.3 is 5.32 Å². The maximum atomic E-state index is 6.15. The average Bonchev–Trinajstić information content (AvgIpc) is 2.63. The second-order valence-corrected chi connectivity index (χ2v) is 5.70. The van der Waals surface area contributed by atoms with Crippen LogP contribution >= 0.6 is 11.6 Å². The van der Waals surface area contributed by atoms with Crippen molar-refractivity contribution in [3.05, 3.63) is 17.0 Å². The molecule has 1 aliphatic carbocycles. The van der Waals surface area contributed by atoms with Crippen LogP contribution in [-0.4, -0.2) is 16.0 Å². The molecule has 4 heteroatoms. The summed E-state index contributed by atoms with van der Waals surface area (Å²) in [6.07, 6.45) is 5.28. The van der Waals surface area contributed by atoms with Crippen LogP contribution in [0.3, 0.4) is 0 Å². The van der Waals surface area contributed by atoms with E-state index in [0.29, 0.717) is 17.1 Å². The monoisotopic (exact) mass is 253 g/mol. The van der Waals surface area contributed by atoms with Gasteiger partial charge in [0, 0.05) is 11.6 Å². The number of rotatable bonds is 3. The van der Waals surface area contributed by atoms with E-state index in [1.165, 1.54) is 25.6 Å². The third kappa shape index (κ3) is 2.89. The molecule has 1 heterocycles. The fraction of sp³-hybridized carbons (Fsp3) is 0.692. The van der Waals surface area contributed by atoms with Crippen molar-refractivity contribution in [1.29, 1.82) is 0 Å². The van der Waals surface area contributed by atoms with E-state index in [1.807, 2.05) is 0 Å². The van der Waals surface area contributed by atoms with Gasteiger partial charge in [0.25, 0.3) is 0 Å². The van der Waals surface area contributed by atoms with Crippen LogP contribution in [0.1, 0.15) is 51.5 Å². The Morgan fingerprint density at radius 2 is 2.12 bits per heavy atom. The molecule has 0 bridgehead atoms. The number of aromatic nitrogens is 2. The SMILES string of the molecule is CC1CCC(Nc2ncnc(Cl)c2C(C)C)C1. The Labute approximate surface area is 108 Å². The molecule has 0 aromatic carbocycles. The third-order valence-electron chi connectivity index (χ3n) is 3.45. The van der Waals surface area contributed by atoms with Gasteiger partial charge in [0.1, 0.15) is 17.3 Å². The Hall–Kier alpha value is -0.830. The molecule has 0 aliphatic heterocycles. The van der Waals surface area contributed by atoms with Crippen molar-refractivity contribution >= 4 is 17.4 Å². The summed E-state index contributed by atoms with van der Waals surface area (Å²) in [6.45, 7) is 6.54. The molecule has 1 N–H and O–H groups in total. The summed E-state index contributed by atoms with van der Waals surface area (Å²) in [5.74, 6) is 2.07. The Bertz CT molecular complexity index is 392. The predicted octanol–water partition coefficient (Wildman–Crippen LogP) is 3.85. The highest BCUT2D eigenvalue weighted by atomic mass is 35.5. The number of nitrogens with one attached hydrogen (secondary N) is 1. The largest absolute Gasteiger partial charge is 0.367 e. The third-order valence-corrected chi connectivity index (χ3v) is 3.75. The summed E-state index contributed by atoms with van der Waals surface area (Å²) in [4.78, 5) is 8.41. The molecule has 1 aromatic rings. The highest BCUT2D eigenvalue weighted by Crippen LogP contribution is 2.32. The number of halogens is 1. The molecule has 0 spiro atoms. The lowest BCUT2D eigenvalue weighted by molar-refractivity contribution is 0.602. The minimum atomic E-state index is 0.338. The lowest BCUT2D eigenvalue weighted by atomic mass is 10.1. The Morgan fingerprint density at radius 3 is 2.71 bits per heavy atom. The smallest absolute Gasteiger partial charge is 0.138 e. The van der Waals surface area contributed by atoms with Crippen LogP contribution in [0.4, 0.5) is 5.82 Å². The van der Waals surface area contributed by atoms with Gasteiger partial charge in [-0.3, -0.25) is 0 Å². The van der Waals surface area contributed by atoms with E-state index in [2.05, 4.69) is 36.1 Å². The van der Waals surface area contributed by atoms with Crippen molar-refractivity contribution in [2.75, 3.05) is 5.32 Å². The molecule has 1 saturated carbocycles. The van der Waals surface area contributed by atoms with E-state index in [0.717, 1.165) is 17.3 Å². The van der Waals surface area contributed by atoms with Gasteiger partial charge in [0.05, 0.1) is 0 Å². The lowest BCUT2D eigenvalue weighted by Crippen LogP contribution is -2.18. The van der Waals surface area contributed by atoms with Crippen molar-refractivity contribution in [1.82, 2.24) is 9.97 Å². The first-order valence-electron chi connectivity index (χ1n) is 6.34. The average molecular weight is 254 g/mol. The zero-order chi connectivity index (χ0) is 12.4. The molecule has 2 unspecified atom stereocenters. The molecular formula is C13H20ClN3. The van der Waals surface area contributed by atoms with Crippen LogP contribution in [0, 0.1) is 5.92 Å². The van der Waals surface area contributed by atoms with Gasteiger partial charge in [-0.1, -0.05) is 32.4 Å². The van der Waals surface area contributed by atoms with Gasteiger partial charge >= 0.3 is 0 Å². The van der Waals surface area contributed by atoms with E-state index < -0.39 is 0 Å². The summed E-state index contributed by atoms with van der Waals surface area (Å²) >= 11 is 6.15. The summed E-state index contributed by atoms with van der Waals surface area (Å²) in [5, 5.41) is 4.10. The lowest BCUT2D eigenvalue weighted by Gasteiger charge is -2.18. The molecule has 1 aliphatic rings. The van der Waals surface area contributed by atoms with Crippen LogP contribution in [0.5, 0.6) is 0 Å². The van der Waals surface area contributed by atoms with Gasteiger partial charge in [-0.15, -0.1) is 0 Å². The molecule has 2 rings (SSSR count). The van der Waals surface area contributed by atoms with Gasteiger partial charge in [0.15, 0.2) is 0 Å². The minimum absolute atomic E-state index is 0.338. The molecule has 0 amide bonds. The summed E-state index contributed by atoms with van der Waals surface area (Å²) in [5.41, 5.74) is 1.04. The first kappa shape index (κ1) is 12.6. The topological polar surface area (TPSA) is 37.8 Å². The fourth-order valence-corrected chi connectivity index (χ4v) is 2.88. The number of anilines is 1. The van der Waals surface area contributed by atoms with E-state index in [9.17, 15) is 0 Å². The summed E-state index contributed by atoms with van der Waals surface area (Å²) < 4.78 is 0. The number of nitrogens with zero attached hydrogens (tertiary/aromatic N) is 2. The molecule has 2 atom stereocenters. The molecule has 94 valence electrons. The fourth-order valence-electron chi connectivity index (χ4n) is 2.53. The maximum Gasteiger partial charge on any atom is 0.138 e. The van der Waals surface area contributed by atoms with Crippen LogP contribution in [0.2, 0.25) is 5.15 Å². The van der Waals surface area contributed by atoms with E-state index in [4.69, 9.17) is 11.6 Å². The van der Waals surface area contributed by atoms with Crippen LogP contribution in [0.25, 0.3) is 0 Å². The zero-order valence-electron chi connectivity index (χ0n) is 10.7. The Balaban J connectivity index is 2.17. The van der Waals surface area contributed by atoms with Gasteiger partial charge in [-0.05, 0) is 31.1 Å². The first-order valence-corrected chi connectivity index (χ1v) is 6.72. The van der Waals surface area contributed by atoms with Gasteiger partial charge in [0.2, 0.25) is 0 Å². The summed E-state index contributed by atoms with van der Waals surface area (Å²) in [7, 11) is 0. The highest BCUT2D eigenvalue weighted by Gasteiger charge is 2.23. The second kappa shape index (κ2) is 5.21.